The monoisotopic (exact) mass is 406 g/mol. The Morgan fingerprint density at radius 3 is 2.70 bits per heavy atom. The molecular formula is C24H26N2O4. The summed E-state index contributed by atoms with van der Waals surface area (Å²) in [4.78, 5) is 30.6. The number of benzene rings is 2. The van der Waals surface area contributed by atoms with E-state index in [4.69, 9.17) is 9.47 Å². The molecule has 4 rings (SSSR count). The molecule has 1 aliphatic heterocycles. The molecule has 0 radical (unpaired) electrons. The number of nitrogens with one attached hydrogen (secondary N) is 1. The summed E-state index contributed by atoms with van der Waals surface area (Å²) in [6.45, 7) is 3.41. The molecule has 1 amide bonds. The second kappa shape index (κ2) is 8.71. The number of H-pyrrole nitrogens is 1. The smallest absolute Gasteiger partial charge is 0.254 e. The third kappa shape index (κ3) is 4.39. The number of hydrogen-bond donors (Lipinski definition) is 1. The summed E-state index contributed by atoms with van der Waals surface area (Å²) in [6, 6.07) is 14.8. The predicted octanol–water partition coefficient (Wildman–Crippen LogP) is 3.67. The molecule has 1 fully saturated rings. The van der Waals surface area contributed by atoms with E-state index >= 15 is 0 Å². The number of carbonyl (C=O) groups is 1. The lowest BCUT2D eigenvalue weighted by Gasteiger charge is -2.25. The maximum absolute atomic E-state index is 13.3. The third-order valence-electron chi connectivity index (χ3n) is 5.51. The van der Waals surface area contributed by atoms with E-state index in [1.54, 1.807) is 36.3 Å². The highest BCUT2D eigenvalue weighted by atomic mass is 16.5. The molecule has 6 heteroatoms. The van der Waals surface area contributed by atoms with Crippen LogP contribution in [0, 0.1) is 6.92 Å². The molecule has 0 unspecified atom stereocenters. The first kappa shape index (κ1) is 20.2. The number of pyridine rings is 1. The van der Waals surface area contributed by atoms with Crippen LogP contribution < -0.4 is 10.3 Å². The number of hydrogen-bond acceptors (Lipinski definition) is 4. The highest BCUT2D eigenvalue weighted by molar-refractivity contribution is 5.94. The van der Waals surface area contributed by atoms with E-state index in [2.05, 4.69) is 4.98 Å². The van der Waals surface area contributed by atoms with Gasteiger partial charge in [0.2, 0.25) is 0 Å². The van der Waals surface area contributed by atoms with Gasteiger partial charge in [-0.15, -0.1) is 0 Å². The lowest BCUT2D eigenvalue weighted by Crippen LogP contribution is -2.38. The topological polar surface area (TPSA) is 71.6 Å². The molecule has 0 bridgehead atoms. The molecule has 0 saturated carbocycles. The summed E-state index contributed by atoms with van der Waals surface area (Å²) in [5, 5.41) is 0.957. The molecule has 0 aliphatic carbocycles. The third-order valence-corrected chi connectivity index (χ3v) is 5.51. The van der Waals surface area contributed by atoms with Crippen LogP contribution in [0.15, 0.2) is 53.3 Å². The van der Waals surface area contributed by atoms with E-state index in [1.807, 2.05) is 31.2 Å². The van der Waals surface area contributed by atoms with Gasteiger partial charge in [-0.25, -0.2) is 0 Å². The Balaban J connectivity index is 1.65. The first-order valence-corrected chi connectivity index (χ1v) is 10.2. The van der Waals surface area contributed by atoms with Crippen molar-refractivity contribution < 1.29 is 14.3 Å². The van der Waals surface area contributed by atoms with Crippen molar-refractivity contribution in [3.05, 3.63) is 75.6 Å². The minimum Gasteiger partial charge on any atom is -0.497 e. The number of rotatable bonds is 6. The first-order valence-electron chi connectivity index (χ1n) is 10.2. The number of nitrogens with zero attached hydrogens (tertiary/aromatic N) is 1. The minimum absolute atomic E-state index is 0.00557. The average molecular weight is 406 g/mol. The van der Waals surface area contributed by atoms with Crippen molar-refractivity contribution in [3.8, 4) is 5.75 Å². The van der Waals surface area contributed by atoms with Crippen LogP contribution in [0.4, 0.5) is 0 Å². The van der Waals surface area contributed by atoms with Crippen molar-refractivity contribution in [2.75, 3.05) is 20.3 Å². The molecular weight excluding hydrogens is 380 g/mol. The van der Waals surface area contributed by atoms with Crippen molar-refractivity contribution in [2.45, 2.75) is 32.4 Å². The van der Waals surface area contributed by atoms with Crippen LogP contribution in [-0.4, -0.2) is 42.2 Å². The van der Waals surface area contributed by atoms with Gasteiger partial charge in [0.15, 0.2) is 0 Å². The van der Waals surface area contributed by atoms with E-state index in [-0.39, 0.29) is 24.1 Å². The fraction of sp³-hybridized carbons (Fsp3) is 0.333. The van der Waals surface area contributed by atoms with Crippen LogP contribution in [0.1, 0.15) is 34.3 Å². The van der Waals surface area contributed by atoms with Crippen LogP contribution in [0.2, 0.25) is 0 Å². The zero-order valence-electron chi connectivity index (χ0n) is 17.3. The number of aromatic nitrogens is 1. The average Bonchev–Trinajstić information content (AvgIpc) is 3.27. The van der Waals surface area contributed by atoms with Crippen LogP contribution >= 0.6 is 0 Å². The summed E-state index contributed by atoms with van der Waals surface area (Å²) < 4.78 is 10.9. The highest BCUT2D eigenvalue weighted by Crippen LogP contribution is 2.20. The second-order valence-electron chi connectivity index (χ2n) is 7.76. The van der Waals surface area contributed by atoms with Crippen LogP contribution in [0.5, 0.6) is 5.75 Å². The number of amides is 1. The summed E-state index contributed by atoms with van der Waals surface area (Å²) in [5.41, 5.74) is 2.86. The zero-order chi connectivity index (χ0) is 21.1. The number of methoxy groups -OCH3 is 1. The van der Waals surface area contributed by atoms with Crippen molar-refractivity contribution in [2.24, 2.45) is 0 Å². The maximum Gasteiger partial charge on any atom is 0.254 e. The molecule has 1 N–H and O–H groups in total. The van der Waals surface area contributed by atoms with Crippen molar-refractivity contribution in [1.29, 1.82) is 0 Å². The Hall–Kier alpha value is -3.12. The van der Waals surface area contributed by atoms with E-state index in [9.17, 15) is 9.59 Å². The summed E-state index contributed by atoms with van der Waals surface area (Å²) in [6.07, 6.45) is 1.90. The van der Waals surface area contributed by atoms with Gasteiger partial charge in [0.25, 0.3) is 11.5 Å². The molecule has 2 aromatic carbocycles. The number of ether oxygens (including phenoxy) is 2. The Kier molecular flexibility index (Phi) is 5.86. The molecule has 0 spiro atoms. The standard InChI is InChI=1S/C24H26N2O4/c1-16-5-10-22-18(12-16)13-19(23(27)25-22)14-26(15-21-4-3-11-30-21)24(28)17-6-8-20(29-2)9-7-17/h5-10,12-13,21H,3-4,11,14-15H2,1-2H3,(H,25,27)/t21-/m0/s1. The van der Waals surface area contributed by atoms with E-state index in [1.165, 1.54) is 0 Å². The highest BCUT2D eigenvalue weighted by Gasteiger charge is 2.24. The van der Waals surface area contributed by atoms with E-state index < -0.39 is 0 Å². The van der Waals surface area contributed by atoms with Crippen LogP contribution in [0.25, 0.3) is 10.9 Å². The Bertz CT molecular complexity index is 1100. The summed E-state index contributed by atoms with van der Waals surface area (Å²) >= 11 is 0. The van der Waals surface area contributed by atoms with Crippen LogP contribution in [0.3, 0.4) is 0 Å². The molecule has 1 aromatic heterocycles. The fourth-order valence-electron chi connectivity index (χ4n) is 3.86. The van der Waals surface area contributed by atoms with Gasteiger partial charge in [-0.1, -0.05) is 11.6 Å². The molecule has 3 aromatic rings. The van der Waals surface area contributed by atoms with Crippen molar-refractivity contribution in [3.63, 3.8) is 0 Å². The minimum atomic E-state index is -0.175. The lowest BCUT2D eigenvalue weighted by molar-refractivity contribution is 0.0506. The number of carbonyl (C=O) groups excluding carboxylic acids is 1. The predicted molar refractivity (Wildman–Crippen MR) is 116 cm³/mol. The van der Waals surface area contributed by atoms with Gasteiger partial charge in [-0.3, -0.25) is 9.59 Å². The SMILES string of the molecule is COc1ccc(C(=O)N(Cc2cc3cc(C)ccc3[nH]c2=O)C[C@@H]2CCCO2)cc1. The Labute approximate surface area is 175 Å². The molecule has 30 heavy (non-hydrogen) atoms. The molecule has 1 atom stereocenters. The largest absolute Gasteiger partial charge is 0.497 e. The van der Waals surface area contributed by atoms with Gasteiger partial charge in [0.1, 0.15) is 5.75 Å². The maximum atomic E-state index is 13.3. The van der Waals surface area contributed by atoms with Gasteiger partial charge >= 0.3 is 0 Å². The van der Waals surface area contributed by atoms with Gasteiger partial charge in [0.05, 0.1) is 19.8 Å². The second-order valence-corrected chi connectivity index (χ2v) is 7.76. The van der Waals surface area contributed by atoms with E-state index in [0.717, 1.165) is 29.3 Å². The quantitative estimate of drug-likeness (QED) is 0.678. The van der Waals surface area contributed by atoms with Gasteiger partial charge < -0.3 is 19.4 Å². The normalized spacial score (nSPS) is 16.0. The van der Waals surface area contributed by atoms with Crippen LogP contribution in [-0.2, 0) is 11.3 Å². The van der Waals surface area contributed by atoms with Crippen molar-refractivity contribution in [1.82, 2.24) is 9.88 Å². The summed E-state index contributed by atoms with van der Waals surface area (Å²) in [7, 11) is 1.59. The molecule has 1 aliphatic rings. The zero-order valence-corrected chi connectivity index (χ0v) is 17.3. The Morgan fingerprint density at radius 1 is 1.20 bits per heavy atom. The molecule has 6 nitrogen and oxygen atoms in total. The summed E-state index contributed by atoms with van der Waals surface area (Å²) in [5.74, 6) is 0.565. The number of aromatic amines is 1. The Morgan fingerprint density at radius 2 is 2.00 bits per heavy atom. The number of aryl methyl sites for hydroxylation is 1. The van der Waals surface area contributed by atoms with Gasteiger partial charge in [-0.05, 0) is 67.6 Å². The fourth-order valence-corrected chi connectivity index (χ4v) is 3.86. The number of fused-ring (bicyclic) bond motifs is 1. The van der Waals surface area contributed by atoms with E-state index in [0.29, 0.717) is 30.0 Å². The lowest BCUT2D eigenvalue weighted by atomic mass is 10.1. The molecule has 1 saturated heterocycles. The molecule has 2 heterocycles. The van der Waals surface area contributed by atoms with Gasteiger partial charge in [-0.2, -0.15) is 0 Å². The van der Waals surface area contributed by atoms with Gasteiger partial charge in [0, 0.05) is 29.8 Å². The molecule has 156 valence electrons. The first-order chi connectivity index (χ1) is 14.5. The van der Waals surface area contributed by atoms with Crippen molar-refractivity contribution >= 4 is 16.8 Å².